The number of hydroxylamine groups is 2. The van der Waals surface area contributed by atoms with E-state index >= 15 is 0 Å². The summed E-state index contributed by atoms with van der Waals surface area (Å²) in [5, 5.41) is 10.6. The molecule has 1 amide bonds. The van der Waals surface area contributed by atoms with E-state index in [1.54, 1.807) is 20.8 Å². The highest BCUT2D eigenvalue weighted by atomic mass is 32.2. The predicted molar refractivity (Wildman–Crippen MR) is 92.5 cm³/mol. The number of benzene rings is 1. The molecule has 0 aliphatic rings. The summed E-state index contributed by atoms with van der Waals surface area (Å²) in [6.45, 7) is 4.84. The van der Waals surface area contributed by atoms with Crippen LogP contribution in [0.2, 0.25) is 0 Å². The molecule has 26 heavy (non-hydrogen) atoms. The van der Waals surface area contributed by atoms with Gasteiger partial charge in [-0.3, -0.25) is 14.4 Å². The molecule has 0 heterocycles. The minimum Gasteiger partial charge on any atom is -0.507 e. The number of ether oxygens (including phenoxy) is 1. The summed E-state index contributed by atoms with van der Waals surface area (Å²) in [5.74, 6) is -2.04. The number of hydrogen-bond donors (Lipinski definition) is 2. The van der Waals surface area contributed by atoms with Crippen LogP contribution in [-0.2, 0) is 29.2 Å². The Labute approximate surface area is 152 Å². The Hall–Kier alpha value is -2.17. The number of rotatable bonds is 7. The van der Waals surface area contributed by atoms with Crippen LogP contribution >= 0.6 is 0 Å². The molecule has 0 aromatic heterocycles. The van der Waals surface area contributed by atoms with Crippen LogP contribution in [0.5, 0.6) is 5.75 Å². The molecule has 0 spiro atoms. The molecule has 0 aliphatic heterocycles. The quantitative estimate of drug-likeness (QED) is 0.523. The summed E-state index contributed by atoms with van der Waals surface area (Å²) in [4.78, 5) is 28.8. The maximum Gasteiger partial charge on any atom is 0.325 e. The molecule has 0 saturated carbocycles. The number of esters is 1. The van der Waals surface area contributed by atoms with Crippen LogP contribution < -0.4 is 4.72 Å². The van der Waals surface area contributed by atoms with Crippen molar-refractivity contribution in [3.8, 4) is 5.75 Å². The number of sulfonamides is 1. The predicted octanol–water partition coefficient (Wildman–Crippen LogP) is 0.791. The number of para-hydroxylation sites is 1. The van der Waals surface area contributed by atoms with Gasteiger partial charge in [-0.1, -0.05) is 12.1 Å². The Morgan fingerprint density at radius 3 is 2.35 bits per heavy atom. The lowest BCUT2D eigenvalue weighted by Gasteiger charge is -2.25. The van der Waals surface area contributed by atoms with Gasteiger partial charge < -0.3 is 9.84 Å². The fourth-order valence-electron chi connectivity index (χ4n) is 1.89. The van der Waals surface area contributed by atoms with Crippen LogP contribution in [-0.4, -0.2) is 56.3 Å². The third kappa shape index (κ3) is 6.28. The topological polar surface area (TPSA) is 122 Å². The van der Waals surface area contributed by atoms with Crippen molar-refractivity contribution in [1.82, 2.24) is 9.79 Å². The SMILES string of the molecule is CON(C)C(=O)C[C@H](NS(=O)(=O)c1ccccc1O)C(=O)OC(C)(C)C. The van der Waals surface area contributed by atoms with Crippen LogP contribution in [0, 0.1) is 0 Å². The third-order valence-electron chi connectivity index (χ3n) is 3.15. The van der Waals surface area contributed by atoms with Gasteiger partial charge in [-0.25, -0.2) is 13.5 Å². The second-order valence-electron chi connectivity index (χ2n) is 6.45. The van der Waals surface area contributed by atoms with E-state index in [0.29, 0.717) is 0 Å². The molecule has 9 nitrogen and oxygen atoms in total. The monoisotopic (exact) mass is 388 g/mol. The van der Waals surface area contributed by atoms with Crippen LogP contribution in [0.15, 0.2) is 29.2 Å². The molecule has 1 rings (SSSR count). The largest absolute Gasteiger partial charge is 0.507 e. The number of amides is 1. The second kappa shape index (κ2) is 8.47. The fourth-order valence-corrected chi connectivity index (χ4v) is 3.17. The lowest BCUT2D eigenvalue weighted by Crippen LogP contribution is -2.46. The van der Waals surface area contributed by atoms with Gasteiger partial charge >= 0.3 is 5.97 Å². The molecule has 1 aromatic rings. The summed E-state index contributed by atoms with van der Waals surface area (Å²) in [6, 6.07) is 3.74. The van der Waals surface area contributed by atoms with Crippen molar-refractivity contribution in [2.75, 3.05) is 14.2 Å². The van der Waals surface area contributed by atoms with Gasteiger partial charge in [0.25, 0.3) is 0 Å². The van der Waals surface area contributed by atoms with Crippen molar-refractivity contribution in [3.05, 3.63) is 24.3 Å². The van der Waals surface area contributed by atoms with Crippen LogP contribution in [0.3, 0.4) is 0 Å². The number of nitrogens with one attached hydrogen (secondary N) is 1. The number of aromatic hydroxyl groups is 1. The van der Waals surface area contributed by atoms with Crippen molar-refractivity contribution in [1.29, 1.82) is 0 Å². The Bertz CT molecular complexity index is 756. The molecule has 2 N–H and O–H groups in total. The molecule has 0 aliphatic carbocycles. The summed E-state index contributed by atoms with van der Waals surface area (Å²) in [7, 11) is -1.70. The minimum atomic E-state index is -4.28. The summed E-state index contributed by atoms with van der Waals surface area (Å²) in [5.41, 5.74) is -0.883. The van der Waals surface area contributed by atoms with Gasteiger partial charge in [0.15, 0.2) is 0 Å². The van der Waals surface area contributed by atoms with Gasteiger partial charge in [-0.15, -0.1) is 0 Å². The van der Waals surface area contributed by atoms with Crippen LogP contribution in [0.4, 0.5) is 0 Å². The van der Waals surface area contributed by atoms with Crippen molar-refractivity contribution < 1.29 is 32.7 Å². The Balaban J connectivity index is 3.13. The average molecular weight is 388 g/mol. The van der Waals surface area contributed by atoms with Gasteiger partial charge in [-0.05, 0) is 32.9 Å². The van der Waals surface area contributed by atoms with Crippen molar-refractivity contribution >= 4 is 21.9 Å². The van der Waals surface area contributed by atoms with Crippen molar-refractivity contribution in [2.24, 2.45) is 0 Å². The summed E-state index contributed by atoms with van der Waals surface area (Å²) >= 11 is 0. The zero-order valence-corrected chi connectivity index (χ0v) is 16.2. The highest BCUT2D eigenvalue weighted by Gasteiger charge is 2.33. The van der Waals surface area contributed by atoms with E-state index in [9.17, 15) is 23.1 Å². The highest BCUT2D eigenvalue weighted by molar-refractivity contribution is 7.89. The first kappa shape index (κ1) is 21.9. The Morgan fingerprint density at radius 2 is 1.85 bits per heavy atom. The normalized spacial score (nSPS) is 13.1. The fraction of sp³-hybridized carbons (Fsp3) is 0.500. The molecule has 146 valence electrons. The Morgan fingerprint density at radius 1 is 1.27 bits per heavy atom. The van der Waals surface area contributed by atoms with Gasteiger partial charge in [0.2, 0.25) is 15.9 Å². The first-order valence-corrected chi connectivity index (χ1v) is 9.19. The van der Waals surface area contributed by atoms with E-state index in [-0.39, 0.29) is 0 Å². The third-order valence-corrected chi connectivity index (χ3v) is 4.67. The van der Waals surface area contributed by atoms with Gasteiger partial charge in [0, 0.05) is 7.05 Å². The van der Waals surface area contributed by atoms with Crippen molar-refractivity contribution in [2.45, 2.75) is 43.7 Å². The lowest BCUT2D eigenvalue weighted by atomic mass is 10.1. The number of carbonyl (C=O) groups excluding carboxylic acids is 2. The number of hydrogen-bond acceptors (Lipinski definition) is 7. The van der Waals surface area contributed by atoms with E-state index in [2.05, 4.69) is 4.72 Å². The van der Waals surface area contributed by atoms with Gasteiger partial charge in [0.1, 0.15) is 22.3 Å². The number of carbonyl (C=O) groups is 2. The second-order valence-corrected chi connectivity index (χ2v) is 8.14. The molecule has 10 heteroatoms. The number of phenols is 1. The molecule has 0 fully saturated rings. The maximum atomic E-state index is 12.5. The zero-order chi connectivity index (χ0) is 20.1. The summed E-state index contributed by atoms with van der Waals surface area (Å²) < 4.78 is 32.3. The smallest absolute Gasteiger partial charge is 0.325 e. The molecule has 0 radical (unpaired) electrons. The number of nitrogens with zero attached hydrogens (tertiary/aromatic N) is 1. The van der Waals surface area contributed by atoms with E-state index in [1.165, 1.54) is 38.4 Å². The standard InChI is InChI=1S/C16H24N2O7S/c1-16(2,3)25-15(21)11(10-14(20)18(4)24-5)17-26(22,23)13-9-7-6-8-12(13)19/h6-9,11,17,19H,10H2,1-5H3/t11-/m0/s1. The van der Waals surface area contributed by atoms with Gasteiger partial charge in [0.05, 0.1) is 13.5 Å². The zero-order valence-electron chi connectivity index (χ0n) is 15.3. The molecule has 0 bridgehead atoms. The average Bonchev–Trinajstić information content (AvgIpc) is 2.51. The van der Waals surface area contributed by atoms with Crippen LogP contribution in [0.1, 0.15) is 27.2 Å². The minimum absolute atomic E-state index is 0.416. The highest BCUT2D eigenvalue weighted by Crippen LogP contribution is 2.22. The van der Waals surface area contributed by atoms with E-state index in [1.807, 2.05) is 0 Å². The maximum absolute atomic E-state index is 12.5. The molecular formula is C16H24N2O7S. The first-order valence-electron chi connectivity index (χ1n) is 7.71. The van der Waals surface area contributed by atoms with Crippen molar-refractivity contribution in [3.63, 3.8) is 0 Å². The molecule has 1 atom stereocenters. The van der Waals surface area contributed by atoms with Crippen LogP contribution in [0.25, 0.3) is 0 Å². The first-order chi connectivity index (χ1) is 11.9. The number of phenolic OH excluding ortho intramolecular Hbond substituents is 1. The molecular weight excluding hydrogens is 364 g/mol. The van der Waals surface area contributed by atoms with Gasteiger partial charge in [-0.2, -0.15) is 4.72 Å². The molecule has 0 saturated heterocycles. The van der Waals surface area contributed by atoms with E-state index < -0.39 is 50.6 Å². The molecule has 0 unspecified atom stereocenters. The lowest BCUT2D eigenvalue weighted by molar-refractivity contribution is -0.172. The van der Waals surface area contributed by atoms with E-state index in [0.717, 1.165) is 5.06 Å². The van der Waals surface area contributed by atoms with E-state index in [4.69, 9.17) is 9.57 Å². The summed E-state index contributed by atoms with van der Waals surface area (Å²) in [6.07, 6.45) is -0.522. The Kier molecular flexibility index (Phi) is 7.13. The molecule has 1 aromatic carbocycles.